The summed E-state index contributed by atoms with van der Waals surface area (Å²) >= 11 is 9.26. The number of halogens is 3. The Morgan fingerprint density at radius 1 is 0.387 bits per heavy atom. The Labute approximate surface area is 661 Å². The van der Waals surface area contributed by atoms with Crippen LogP contribution in [0.1, 0.15) is 131 Å². The van der Waals surface area contributed by atoms with E-state index in [0.717, 1.165) is 85.6 Å². The molecule has 3 heterocycles. The Kier molecular flexibility index (Phi) is 25.1. The third-order valence-corrected chi connectivity index (χ3v) is 26.1. The van der Waals surface area contributed by atoms with Crippen LogP contribution in [-0.4, -0.2) is 102 Å². The highest BCUT2D eigenvalue weighted by atomic mass is 79.9. The van der Waals surface area contributed by atoms with E-state index in [4.69, 9.17) is 40.0 Å². The lowest BCUT2D eigenvalue weighted by Gasteiger charge is -2.20. The average molecular weight is 1650 g/mol. The van der Waals surface area contributed by atoms with Gasteiger partial charge in [-0.05, 0) is 249 Å². The van der Waals surface area contributed by atoms with Crippen LogP contribution in [0.15, 0.2) is 219 Å². The van der Waals surface area contributed by atoms with Gasteiger partial charge in [-0.2, -0.15) is 0 Å². The number of hydrogen-bond acceptors (Lipinski definition) is 15. The molecule has 6 fully saturated rings. The number of carbonyl (C=O) groups excluding carboxylic acids is 3. The molecule has 15 rings (SSSR count). The molecule has 3 saturated carbocycles. The van der Waals surface area contributed by atoms with E-state index < -0.39 is 35.9 Å². The van der Waals surface area contributed by atoms with Crippen molar-refractivity contribution in [2.45, 2.75) is 147 Å². The van der Waals surface area contributed by atoms with Gasteiger partial charge in [-0.25, -0.2) is 29.6 Å². The number of ether oxygens (including phenoxy) is 6. The van der Waals surface area contributed by atoms with Gasteiger partial charge < -0.3 is 43.1 Å². The SMILES string of the molecule is COc1ccc(C2CC(=O)N(c3cccc(NS(=O)(=O)c4cccc(Cl)c4)c3)C2)cc1OC1CCCC1.COc1ccc(C2CC(=O)N(c3cccc(NS(=O)(=O)c4cccc(F)c4)c3)C2)cc1OC1CCCC1.COc1ccc(C2CC(=O)N(c3cccc(NS(=O)(=O)c4ccccc4Br)c3)C2)cc1OC1CCCC1. The normalized spacial score (nSPS) is 18.3. The van der Waals surface area contributed by atoms with Gasteiger partial charge in [0.15, 0.2) is 34.5 Å². The molecule has 3 N–H and O–H groups in total. The molecule has 0 aromatic heterocycles. The monoisotopic (exact) mass is 1650 g/mol. The molecule has 0 bridgehead atoms. The summed E-state index contributed by atoms with van der Waals surface area (Å²) in [5.41, 5.74) is 5.94. The molecule has 6 aliphatic rings. The van der Waals surface area contributed by atoms with Crippen LogP contribution in [-0.2, 0) is 44.5 Å². The van der Waals surface area contributed by atoms with Gasteiger partial charge in [-0.3, -0.25) is 28.5 Å². The number of methoxy groups -OCH3 is 3. The van der Waals surface area contributed by atoms with E-state index in [1.165, 1.54) is 62.1 Å². The van der Waals surface area contributed by atoms with Crippen molar-refractivity contribution in [3.05, 3.63) is 232 Å². The molecule has 3 aliphatic carbocycles. The average Bonchev–Trinajstić information content (AvgIpc) is 1.56. The first kappa shape index (κ1) is 79.2. The van der Waals surface area contributed by atoms with Crippen LogP contribution in [0.5, 0.6) is 34.5 Å². The van der Waals surface area contributed by atoms with Crippen LogP contribution in [0.3, 0.4) is 0 Å². The molecule has 582 valence electrons. The van der Waals surface area contributed by atoms with Crippen molar-refractivity contribution in [2.75, 3.05) is 69.8 Å². The Morgan fingerprint density at radius 3 is 1.08 bits per heavy atom. The maximum atomic E-state index is 13.5. The van der Waals surface area contributed by atoms with E-state index >= 15 is 0 Å². The summed E-state index contributed by atoms with van der Waals surface area (Å²) in [5.74, 6) is 3.42. The van der Waals surface area contributed by atoms with Gasteiger partial charge in [0.1, 0.15) is 10.7 Å². The first-order valence-corrected chi connectivity index (χ1v) is 42.7. The second kappa shape index (κ2) is 35.2. The fourth-order valence-corrected chi connectivity index (χ4v) is 19.5. The lowest BCUT2D eigenvalue weighted by Crippen LogP contribution is -2.24. The van der Waals surface area contributed by atoms with Crippen molar-refractivity contribution in [1.29, 1.82) is 0 Å². The van der Waals surface area contributed by atoms with Crippen LogP contribution in [0.25, 0.3) is 0 Å². The van der Waals surface area contributed by atoms with Gasteiger partial charge in [-0.15, -0.1) is 0 Å². The zero-order valence-corrected chi connectivity index (χ0v) is 66.4. The first-order chi connectivity index (χ1) is 53.5. The number of nitrogens with one attached hydrogen (secondary N) is 3. The molecule has 3 amide bonds. The predicted molar refractivity (Wildman–Crippen MR) is 431 cm³/mol. The minimum absolute atomic E-state index is 0.00930. The summed E-state index contributed by atoms with van der Waals surface area (Å²) in [6.45, 7) is 1.43. The second-order valence-corrected chi connectivity index (χ2v) is 34.6. The van der Waals surface area contributed by atoms with E-state index in [2.05, 4.69) is 30.1 Å². The third kappa shape index (κ3) is 19.5. The molecule has 27 heteroatoms. The molecule has 21 nitrogen and oxygen atoms in total. The number of carbonyl (C=O) groups is 3. The van der Waals surface area contributed by atoms with Gasteiger partial charge in [0.05, 0.1) is 66.5 Å². The van der Waals surface area contributed by atoms with Crippen molar-refractivity contribution in [3.63, 3.8) is 0 Å². The predicted octanol–water partition coefficient (Wildman–Crippen LogP) is 17.6. The molecule has 3 aliphatic heterocycles. The number of sulfonamides is 3. The number of hydrogen-bond donors (Lipinski definition) is 3. The van der Waals surface area contributed by atoms with E-state index in [1.54, 1.807) is 133 Å². The van der Waals surface area contributed by atoms with E-state index in [0.29, 0.717) is 99.8 Å². The van der Waals surface area contributed by atoms with Crippen LogP contribution in [0.2, 0.25) is 5.02 Å². The highest BCUT2D eigenvalue weighted by molar-refractivity contribution is 9.10. The maximum absolute atomic E-state index is 13.5. The highest BCUT2D eigenvalue weighted by Crippen LogP contribution is 2.43. The van der Waals surface area contributed by atoms with E-state index in [1.807, 2.05) is 60.7 Å². The fraction of sp³-hybridized carbons (Fsp3) is 0.321. The number of benzene rings is 9. The summed E-state index contributed by atoms with van der Waals surface area (Å²) in [6.07, 6.45) is 14.9. The summed E-state index contributed by atoms with van der Waals surface area (Å²) in [5, 5.41) is 0.334. The molecule has 3 unspecified atom stereocenters. The Morgan fingerprint density at radius 2 is 0.730 bits per heavy atom. The topological polar surface area (TPSA) is 255 Å². The summed E-state index contributed by atoms with van der Waals surface area (Å²) in [4.78, 5) is 44.1. The maximum Gasteiger partial charge on any atom is 0.263 e. The van der Waals surface area contributed by atoms with Gasteiger partial charge >= 0.3 is 0 Å². The van der Waals surface area contributed by atoms with E-state index in [9.17, 15) is 44.0 Å². The highest BCUT2D eigenvalue weighted by Gasteiger charge is 2.37. The quantitative estimate of drug-likeness (QED) is 0.0508. The second-order valence-electron chi connectivity index (χ2n) is 28.3. The summed E-state index contributed by atoms with van der Waals surface area (Å²) in [7, 11) is -6.73. The van der Waals surface area contributed by atoms with Crippen molar-refractivity contribution >= 4 is 109 Å². The van der Waals surface area contributed by atoms with Crippen LogP contribution >= 0.6 is 27.5 Å². The number of amides is 3. The van der Waals surface area contributed by atoms with E-state index in [-0.39, 0.29) is 74.2 Å². The van der Waals surface area contributed by atoms with Crippen molar-refractivity contribution in [3.8, 4) is 34.5 Å². The molecule has 9 aromatic carbocycles. The minimum atomic E-state index is -3.98. The molecule has 0 spiro atoms. The molecule has 111 heavy (non-hydrogen) atoms. The summed E-state index contributed by atoms with van der Waals surface area (Å²) in [6, 6.07) is 55.5. The van der Waals surface area contributed by atoms with Crippen molar-refractivity contribution < 1.29 is 72.4 Å². The Balaban J connectivity index is 0.000000146. The molecule has 3 saturated heterocycles. The van der Waals surface area contributed by atoms with Crippen molar-refractivity contribution in [2.24, 2.45) is 0 Å². The van der Waals surface area contributed by atoms with Crippen LogP contribution in [0.4, 0.5) is 38.5 Å². The molecule has 3 atom stereocenters. The van der Waals surface area contributed by atoms with Crippen LogP contribution < -0.4 is 57.3 Å². The number of nitrogens with zero attached hydrogens (tertiary/aromatic N) is 3. The largest absolute Gasteiger partial charge is 0.493 e. The standard InChI is InChI=1S/C28H29BrN2O5S.C28H29ClN2O5S.C28H29FN2O5S/c1-35-25-14-13-19(15-26(25)36-23-9-2-3-10-23)20-16-28(32)31(18-20)22-8-6-7-21(17-22)30-37(33,34)27-12-5-4-11-24(27)29;2*1-35-26-13-12-19(14-27(26)36-24-9-2-3-10-24)20-15-28(32)31(18-20)23-8-5-7-22(17-23)30-37(33,34)25-11-4-6-21(29)16-25/h4-8,11-15,17,20,23,30H,2-3,9-10,16,18H2,1H3;2*4-8,11-14,16-17,20,24,30H,2-3,9-10,15,18H2,1H3. The lowest BCUT2D eigenvalue weighted by molar-refractivity contribution is -0.118. The van der Waals surface area contributed by atoms with Gasteiger partial charge in [0.25, 0.3) is 30.1 Å². The van der Waals surface area contributed by atoms with Crippen molar-refractivity contribution in [1.82, 2.24) is 0 Å². The zero-order chi connectivity index (χ0) is 78.0. The van der Waals surface area contributed by atoms with Gasteiger partial charge in [-0.1, -0.05) is 72.3 Å². The summed E-state index contributed by atoms with van der Waals surface area (Å²) < 4.78 is 134. The molecular weight excluding hydrogens is 1560 g/mol. The molecule has 9 aromatic rings. The fourth-order valence-electron chi connectivity index (χ4n) is 15.0. The Bertz CT molecular complexity index is 5030. The number of anilines is 6. The Hall–Kier alpha value is -9.86. The number of rotatable bonds is 24. The first-order valence-electron chi connectivity index (χ1n) is 37.1. The van der Waals surface area contributed by atoms with Gasteiger partial charge in [0.2, 0.25) is 17.7 Å². The third-order valence-electron chi connectivity index (χ3n) is 20.7. The molecular formula is C84H87BrClFN6O15S3. The lowest BCUT2D eigenvalue weighted by atomic mass is 9.98. The van der Waals surface area contributed by atoms with Crippen LogP contribution in [0, 0.1) is 5.82 Å². The minimum Gasteiger partial charge on any atom is -0.493 e. The smallest absolute Gasteiger partial charge is 0.263 e. The zero-order valence-electron chi connectivity index (χ0n) is 61.6. The molecule has 0 radical (unpaired) electrons. The van der Waals surface area contributed by atoms with Gasteiger partial charge in [0, 0.05) is 83.2 Å².